The Bertz CT molecular complexity index is 415. The lowest BCUT2D eigenvalue weighted by Gasteiger charge is -2.54. The lowest BCUT2D eigenvalue weighted by atomic mass is 9.51. The number of rotatable bonds is 3. The first-order valence-corrected chi connectivity index (χ1v) is 7.48. The van der Waals surface area contributed by atoms with Crippen molar-refractivity contribution in [1.82, 2.24) is 0 Å². The molecule has 0 aromatic carbocycles. The first-order valence-electron chi connectivity index (χ1n) is 7.48. The van der Waals surface area contributed by atoms with Gasteiger partial charge >= 0.3 is 0 Å². The molecule has 0 aliphatic heterocycles. The Morgan fingerprint density at radius 3 is 2.60 bits per heavy atom. The van der Waals surface area contributed by atoms with Gasteiger partial charge in [-0.25, -0.2) is 0 Å². The highest BCUT2D eigenvalue weighted by molar-refractivity contribution is 5.87. The van der Waals surface area contributed by atoms with Gasteiger partial charge in [-0.1, -0.05) is 19.1 Å². The van der Waals surface area contributed by atoms with Crippen molar-refractivity contribution >= 4 is 5.78 Å². The van der Waals surface area contributed by atoms with Crippen molar-refractivity contribution in [2.45, 2.75) is 51.7 Å². The van der Waals surface area contributed by atoms with E-state index < -0.39 is 17.1 Å². The van der Waals surface area contributed by atoms with Gasteiger partial charge in [-0.15, -0.1) is 0 Å². The fourth-order valence-corrected chi connectivity index (χ4v) is 4.21. The summed E-state index contributed by atoms with van der Waals surface area (Å²) in [4.78, 5) is 12.6. The highest BCUT2D eigenvalue weighted by Crippen LogP contribution is 2.54. The van der Waals surface area contributed by atoms with Gasteiger partial charge in [0.2, 0.25) is 0 Å². The summed E-state index contributed by atoms with van der Waals surface area (Å²) in [5.41, 5.74) is -2.34. The molecule has 2 aliphatic rings. The van der Waals surface area contributed by atoms with Crippen LogP contribution in [-0.4, -0.2) is 39.4 Å². The average Bonchev–Trinajstić information content (AvgIpc) is 2.33. The molecule has 0 radical (unpaired) electrons. The van der Waals surface area contributed by atoms with Crippen molar-refractivity contribution in [2.75, 3.05) is 6.61 Å². The molecule has 4 nitrogen and oxygen atoms in total. The summed E-state index contributed by atoms with van der Waals surface area (Å²) in [6.45, 7) is 5.25. The summed E-state index contributed by atoms with van der Waals surface area (Å²) in [5, 5.41) is 30.3. The van der Waals surface area contributed by atoms with E-state index in [1.807, 2.05) is 6.08 Å². The number of carbonyl (C=O) groups is 1. The van der Waals surface area contributed by atoms with Gasteiger partial charge in [-0.2, -0.15) is 0 Å². The summed E-state index contributed by atoms with van der Waals surface area (Å²) >= 11 is 0. The van der Waals surface area contributed by atoms with E-state index >= 15 is 0 Å². The van der Waals surface area contributed by atoms with Crippen molar-refractivity contribution in [2.24, 2.45) is 23.2 Å². The summed E-state index contributed by atoms with van der Waals surface area (Å²) in [5.74, 6) is 0.0773. The van der Waals surface area contributed by atoms with E-state index in [1.54, 1.807) is 19.9 Å². The van der Waals surface area contributed by atoms with E-state index in [-0.39, 0.29) is 30.6 Å². The molecule has 1 saturated carbocycles. The third-order valence-corrected chi connectivity index (χ3v) is 5.50. The fourth-order valence-electron chi connectivity index (χ4n) is 4.21. The number of hydrogen-bond donors (Lipinski definition) is 3. The van der Waals surface area contributed by atoms with Gasteiger partial charge in [0.25, 0.3) is 0 Å². The molecular weight excluding hydrogens is 256 g/mol. The Labute approximate surface area is 120 Å². The van der Waals surface area contributed by atoms with Crippen LogP contribution in [0.15, 0.2) is 12.2 Å². The zero-order chi connectivity index (χ0) is 15.1. The predicted octanol–water partition coefficient (Wildman–Crippen LogP) is 1.29. The number of aliphatic hydroxyl groups is 3. The van der Waals surface area contributed by atoms with Crippen LogP contribution in [-0.2, 0) is 4.79 Å². The average molecular weight is 282 g/mol. The van der Waals surface area contributed by atoms with Gasteiger partial charge in [-0.05, 0) is 38.5 Å². The molecule has 1 fully saturated rings. The largest absolute Gasteiger partial charge is 0.396 e. The maximum absolute atomic E-state index is 12.6. The summed E-state index contributed by atoms with van der Waals surface area (Å²) in [6.07, 6.45) is 4.67. The van der Waals surface area contributed by atoms with Gasteiger partial charge in [0.15, 0.2) is 0 Å². The molecule has 3 N–H and O–H groups in total. The highest BCUT2D eigenvalue weighted by Gasteiger charge is 2.59. The van der Waals surface area contributed by atoms with Crippen LogP contribution in [0.1, 0.15) is 40.0 Å². The zero-order valence-corrected chi connectivity index (χ0v) is 12.5. The minimum Gasteiger partial charge on any atom is -0.396 e. The van der Waals surface area contributed by atoms with Crippen LogP contribution >= 0.6 is 0 Å². The number of aliphatic hydroxyl groups excluding tert-OH is 2. The number of hydrogen-bond acceptors (Lipinski definition) is 4. The first kappa shape index (κ1) is 15.7. The molecular formula is C16H26O4. The quantitative estimate of drug-likeness (QED) is 0.682. The molecule has 4 heteroatoms. The lowest BCUT2D eigenvalue weighted by Crippen LogP contribution is -2.61. The molecule has 20 heavy (non-hydrogen) atoms. The van der Waals surface area contributed by atoms with E-state index in [4.69, 9.17) is 5.11 Å². The van der Waals surface area contributed by atoms with Gasteiger partial charge in [0, 0.05) is 18.9 Å². The number of ketones is 1. The SMILES string of the molecule is C[C@@H]1C[C@@H](O)[C@@H]2[C@H](C=C[C@](C)(O)[C@@]2(C)C(=O)CCO)C1. The van der Waals surface area contributed by atoms with Gasteiger partial charge in [0.05, 0.1) is 17.1 Å². The van der Waals surface area contributed by atoms with Crippen molar-refractivity contribution < 1.29 is 20.1 Å². The molecule has 6 atom stereocenters. The minimum absolute atomic E-state index is 0.0198. The molecule has 0 unspecified atom stereocenters. The molecule has 0 bridgehead atoms. The summed E-state index contributed by atoms with van der Waals surface area (Å²) in [6, 6.07) is 0. The monoisotopic (exact) mass is 282 g/mol. The van der Waals surface area contributed by atoms with Crippen molar-refractivity contribution in [1.29, 1.82) is 0 Å². The third-order valence-electron chi connectivity index (χ3n) is 5.50. The maximum Gasteiger partial charge on any atom is 0.144 e. The Morgan fingerprint density at radius 1 is 1.35 bits per heavy atom. The van der Waals surface area contributed by atoms with Crippen LogP contribution in [0.5, 0.6) is 0 Å². The Hall–Kier alpha value is -0.710. The summed E-state index contributed by atoms with van der Waals surface area (Å²) in [7, 11) is 0. The number of fused-ring (bicyclic) bond motifs is 1. The smallest absolute Gasteiger partial charge is 0.144 e. The zero-order valence-electron chi connectivity index (χ0n) is 12.5. The van der Waals surface area contributed by atoms with Crippen LogP contribution in [0.3, 0.4) is 0 Å². The summed E-state index contributed by atoms with van der Waals surface area (Å²) < 4.78 is 0. The van der Waals surface area contributed by atoms with Gasteiger partial charge in [-0.3, -0.25) is 4.79 Å². The molecule has 0 saturated heterocycles. The predicted molar refractivity (Wildman–Crippen MR) is 76.0 cm³/mol. The van der Waals surface area contributed by atoms with E-state index in [9.17, 15) is 15.0 Å². The Balaban J connectivity index is 2.45. The molecule has 114 valence electrons. The Kier molecular flexibility index (Phi) is 4.11. The second-order valence-corrected chi connectivity index (χ2v) is 6.94. The first-order chi connectivity index (χ1) is 9.24. The normalized spacial score (nSPS) is 47.9. The van der Waals surface area contributed by atoms with E-state index in [2.05, 4.69) is 6.92 Å². The maximum atomic E-state index is 12.6. The highest BCUT2D eigenvalue weighted by atomic mass is 16.3. The second-order valence-electron chi connectivity index (χ2n) is 6.94. The van der Waals surface area contributed by atoms with E-state index in [0.29, 0.717) is 12.3 Å². The second kappa shape index (κ2) is 5.24. The fraction of sp³-hybridized carbons (Fsp3) is 0.812. The van der Waals surface area contributed by atoms with E-state index in [1.165, 1.54) is 0 Å². The number of Topliss-reactive ketones (excluding diaryl/α,β-unsaturated/α-hetero) is 1. The number of allylic oxidation sites excluding steroid dienone is 1. The topological polar surface area (TPSA) is 77.8 Å². The molecule has 0 heterocycles. The van der Waals surface area contributed by atoms with Crippen LogP contribution in [0.2, 0.25) is 0 Å². The van der Waals surface area contributed by atoms with Gasteiger partial charge < -0.3 is 15.3 Å². The Morgan fingerprint density at radius 2 is 2.00 bits per heavy atom. The molecule has 2 aliphatic carbocycles. The van der Waals surface area contributed by atoms with Crippen molar-refractivity contribution in [3.63, 3.8) is 0 Å². The van der Waals surface area contributed by atoms with Gasteiger partial charge in [0.1, 0.15) is 5.78 Å². The van der Waals surface area contributed by atoms with Crippen molar-refractivity contribution in [3.8, 4) is 0 Å². The molecule has 0 spiro atoms. The molecule has 0 aromatic heterocycles. The molecule has 0 aromatic rings. The molecule has 0 amide bonds. The molecule has 2 rings (SSSR count). The standard InChI is InChI=1S/C16H26O4/c1-10-8-11-4-6-15(2,20)16(3,13(19)5-7-17)14(11)12(18)9-10/h4,6,10-12,14,17-18,20H,5,7-9H2,1-3H3/t10-,11+,12+,14-,15-,16-/m0/s1. The third kappa shape index (κ3) is 2.24. The lowest BCUT2D eigenvalue weighted by molar-refractivity contribution is -0.166. The van der Waals surface area contributed by atoms with Crippen LogP contribution in [0.4, 0.5) is 0 Å². The minimum atomic E-state index is -1.29. The van der Waals surface area contributed by atoms with E-state index in [0.717, 1.165) is 6.42 Å². The van der Waals surface area contributed by atoms with Crippen LogP contribution in [0.25, 0.3) is 0 Å². The number of carbonyl (C=O) groups excluding carboxylic acids is 1. The van der Waals surface area contributed by atoms with Crippen LogP contribution in [0, 0.1) is 23.2 Å². The van der Waals surface area contributed by atoms with Crippen LogP contribution < -0.4 is 0 Å². The van der Waals surface area contributed by atoms with Crippen molar-refractivity contribution in [3.05, 3.63) is 12.2 Å².